The number of nitrogens with one attached hydrogen (secondary N) is 1. The van der Waals surface area contributed by atoms with E-state index in [0.717, 1.165) is 5.56 Å². The summed E-state index contributed by atoms with van der Waals surface area (Å²) in [6, 6.07) is 9.25. The lowest BCUT2D eigenvalue weighted by atomic mass is 10.1. The highest BCUT2D eigenvalue weighted by Crippen LogP contribution is 2.29. The number of aromatic nitrogens is 1. The molecule has 0 aliphatic heterocycles. The largest absolute Gasteiger partial charge is 0.465 e. The third kappa shape index (κ3) is 1.88. The molecule has 0 atom stereocenters. The van der Waals surface area contributed by atoms with Gasteiger partial charge in [0.15, 0.2) is 5.76 Å². The summed E-state index contributed by atoms with van der Waals surface area (Å²) >= 11 is 0. The van der Waals surface area contributed by atoms with Crippen LogP contribution in [0.5, 0.6) is 0 Å². The maximum absolute atomic E-state index is 10.6. The van der Waals surface area contributed by atoms with Crippen molar-refractivity contribution < 1.29 is 14.4 Å². The Hall–Kier alpha value is -2.30. The van der Waals surface area contributed by atoms with Gasteiger partial charge >= 0.3 is 6.09 Å². The predicted octanol–water partition coefficient (Wildman–Crippen LogP) is 2.74. The molecule has 0 bridgehead atoms. The number of rotatable bonds is 2. The molecule has 1 aromatic carbocycles. The van der Waals surface area contributed by atoms with Gasteiger partial charge in [-0.1, -0.05) is 35.5 Å². The molecule has 1 heterocycles. The minimum atomic E-state index is -1.14. The predicted molar refractivity (Wildman–Crippen MR) is 58.3 cm³/mol. The number of hydrogen-bond donors (Lipinski definition) is 2. The lowest BCUT2D eigenvalue weighted by Gasteiger charge is -2.01. The second kappa shape index (κ2) is 4.06. The summed E-state index contributed by atoms with van der Waals surface area (Å²) in [6.07, 6.45) is -1.14. The minimum Gasteiger partial charge on any atom is -0.465 e. The van der Waals surface area contributed by atoms with Crippen LogP contribution in [0.1, 0.15) is 5.76 Å². The highest BCUT2D eigenvalue weighted by atomic mass is 16.5. The molecule has 0 saturated carbocycles. The van der Waals surface area contributed by atoms with Crippen LogP contribution in [0, 0.1) is 6.92 Å². The number of anilines is 1. The molecule has 0 saturated heterocycles. The zero-order chi connectivity index (χ0) is 11.5. The van der Waals surface area contributed by atoms with E-state index in [4.69, 9.17) is 9.63 Å². The van der Waals surface area contributed by atoms with Gasteiger partial charge in [-0.05, 0) is 6.92 Å². The summed E-state index contributed by atoms with van der Waals surface area (Å²) in [4.78, 5) is 10.6. The van der Waals surface area contributed by atoms with Gasteiger partial charge in [0.2, 0.25) is 0 Å². The molecule has 1 amide bonds. The summed E-state index contributed by atoms with van der Waals surface area (Å²) in [6.45, 7) is 1.66. The first-order valence-electron chi connectivity index (χ1n) is 4.70. The Bertz CT molecular complexity index is 505. The topological polar surface area (TPSA) is 75.4 Å². The highest BCUT2D eigenvalue weighted by Gasteiger charge is 2.15. The standard InChI is InChI=1S/C11H10N2O3/c1-7-9(12-11(14)15)10(13-16-7)8-5-3-2-4-6-8/h2-6,12H,1H3,(H,14,15). The first-order valence-corrected chi connectivity index (χ1v) is 4.70. The third-order valence-electron chi connectivity index (χ3n) is 2.14. The summed E-state index contributed by atoms with van der Waals surface area (Å²) in [5, 5.41) is 14.8. The van der Waals surface area contributed by atoms with Crippen LogP contribution in [0.3, 0.4) is 0 Å². The molecule has 2 aromatic rings. The monoisotopic (exact) mass is 218 g/mol. The smallest absolute Gasteiger partial charge is 0.409 e. The molecule has 0 aliphatic rings. The van der Waals surface area contributed by atoms with E-state index in [1.807, 2.05) is 30.3 Å². The van der Waals surface area contributed by atoms with Gasteiger partial charge in [0.1, 0.15) is 11.4 Å². The van der Waals surface area contributed by atoms with E-state index in [9.17, 15) is 4.79 Å². The van der Waals surface area contributed by atoms with Crippen LogP contribution in [0.4, 0.5) is 10.5 Å². The maximum Gasteiger partial charge on any atom is 0.409 e. The average molecular weight is 218 g/mol. The molecule has 0 fully saturated rings. The molecule has 5 nitrogen and oxygen atoms in total. The molecular formula is C11H10N2O3. The molecule has 0 unspecified atom stereocenters. The molecule has 16 heavy (non-hydrogen) atoms. The zero-order valence-corrected chi connectivity index (χ0v) is 8.60. The van der Waals surface area contributed by atoms with Gasteiger partial charge in [0.05, 0.1) is 0 Å². The van der Waals surface area contributed by atoms with Crippen LogP contribution in [0.25, 0.3) is 11.3 Å². The Kier molecular flexibility index (Phi) is 2.59. The van der Waals surface area contributed by atoms with E-state index in [-0.39, 0.29) is 0 Å². The molecule has 82 valence electrons. The van der Waals surface area contributed by atoms with Crippen molar-refractivity contribution in [2.24, 2.45) is 0 Å². The number of hydrogen-bond acceptors (Lipinski definition) is 3. The first kappa shape index (κ1) is 10.2. The van der Waals surface area contributed by atoms with Crippen molar-refractivity contribution in [2.75, 3.05) is 5.32 Å². The Labute approximate surface area is 91.7 Å². The molecule has 2 N–H and O–H groups in total. The number of carbonyl (C=O) groups is 1. The molecule has 1 aromatic heterocycles. The van der Waals surface area contributed by atoms with Crippen molar-refractivity contribution in [1.29, 1.82) is 0 Å². The molecular weight excluding hydrogens is 208 g/mol. The van der Waals surface area contributed by atoms with Crippen molar-refractivity contribution >= 4 is 11.8 Å². The second-order valence-corrected chi connectivity index (χ2v) is 3.26. The summed E-state index contributed by atoms with van der Waals surface area (Å²) in [7, 11) is 0. The van der Waals surface area contributed by atoms with Gasteiger partial charge in [-0.2, -0.15) is 0 Å². The van der Waals surface area contributed by atoms with Gasteiger partial charge in [0, 0.05) is 5.56 Å². The Balaban J connectivity index is 2.46. The van der Waals surface area contributed by atoms with Crippen molar-refractivity contribution in [1.82, 2.24) is 5.16 Å². The minimum absolute atomic E-state index is 0.388. The maximum atomic E-state index is 10.6. The van der Waals surface area contributed by atoms with Gasteiger partial charge in [-0.15, -0.1) is 0 Å². The zero-order valence-electron chi connectivity index (χ0n) is 8.60. The second-order valence-electron chi connectivity index (χ2n) is 3.26. The number of aryl methyl sites for hydroxylation is 1. The van der Waals surface area contributed by atoms with Gasteiger partial charge in [-0.3, -0.25) is 5.32 Å². The van der Waals surface area contributed by atoms with Gasteiger partial charge in [0.25, 0.3) is 0 Å². The Morgan fingerprint density at radius 1 is 1.38 bits per heavy atom. The normalized spacial score (nSPS) is 10.1. The van der Waals surface area contributed by atoms with Crippen LogP contribution in [0.2, 0.25) is 0 Å². The number of nitrogens with zero attached hydrogens (tertiary/aromatic N) is 1. The Morgan fingerprint density at radius 2 is 2.06 bits per heavy atom. The number of carboxylic acid groups (broad SMARTS) is 1. The van der Waals surface area contributed by atoms with Crippen molar-refractivity contribution in [2.45, 2.75) is 6.92 Å². The van der Waals surface area contributed by atoms with Crippen molar-refractivity contribution in [3.63, 3.8) is 0 Å². The summed E-state index contributed by atoms with van der Waals surface area (Å²) in [5.41, 5.74) is 1.70. The molecule has 0 aliphatic carbocycles. The van der Waals surface area contributed by atoms with Crippen molar-refractivity contribution in [3.05, 3.63) is 36.1 Å². The fourth-order valence-electron chi connectivity index (χ4n) is 1.42. The molecule has 0 radical (unpaired) electrons. The Morgan fingerprint density at radius 3 is 2.69 bits per heavy atom. The van der Waals surface area contributed by atoms with Crippen molar-refractivity contribution in [3.8, 4) is 11.3 Å². The van der Waals surface area contributed by atoms with E-state index >= 15 is 0 Å². The SMILES string of the molecule is Cc1onc(-c2ccccc2)c1NC(=O)O. The number of benzene rings is 1. The summed E-state index contributed by atoms with van der Waals surface area (Å²) in [5.74, 6) is 0.446. The fourth-order valence-corrected chi connectivity index (χ4v) is 1.42. The van der Waals surface area contributed by atoms with E-state index in [1.165, 1.54) is 0 Å². The number of amides is 1. The van der Waals surface area contributed by atoms with Gasteiger partial charge in [-0.25, -0.2) is 4.79 Å². The highest BCUT2D eigenvalue weighted by molar-refractivity contribution is 5.89. The van der Waals surface area contributed by atoms with E-state index in [2.05, 4.69) is 10.5 Å². The van der Waals surface area contributed by atoms with E-state index in [0.29, 0.717) is 17.1 Å². The summed E-state index contributed by atoms with van der Waals surface area (Å²) < 4.78 is 4.98. The van der Waals surface area contributed by atoms with Crippen LogP contribution < -0.4 is 5.32 Å². The fraction of sp³-hybridized carbons (Fsp3) is 0.0909. The lowest BCUT2D eigenvalue weighted by molar-refractivity contribution is 0.209. The third-order valence-corrected chi connectivity index (χ3v) is 2.14. The first-order chi connectivity index (χ1) is 7.68. The van der Waals surface area contributed by atoms with E-state index < -0.39 is 6.09 Å². The van der Waals surface area contributed by atoms with E-state index in [1.54, 1.807) is 6.92 Å². The molecule has 2 rings (SSSR count). The lowest BCUT2D eigenvalue weighted by Crippen LogP contribution is -2.08. The average Bonchev–Trinajstić information content (AvgIpc) is 2.61. The van der Waals surface area contributed by atoms with Crippen LogP contribution in [-0.2, 0) is 0 Å². The van der Waals surface area contributed by atoms with Gasteiger partial charge < -0.3 is 9.63 Å². The quantitative estimate of drug-likeness (QED) is 0.812. The molecule has 0 spiro atoms. The van der Waals surface area contributed by atoms with Crippen LogP contribution in [-0.4, -0.2) is 16.4 Å². The van der Waals surface area contributed by atoms with Crippen LogP contribution in [0.15, 0.2) is 34.9 Å². The molecule has 5 heteroatoms. The van der Waals surface area contributed by atoms with Crippen LogP contribution >= 0.6 is 0 Å².